The number of hydrogen-bond donors (Lipinski definition) is 2. The summed E-state index contributed by atoms with van der Waals surface area (Å²) in [5.74, 6) is -1.66. The summed E-state index contributed by atoms with van der Waals surface area (Å²) in [6, 6.07) is 8.73. The van der Waals surface area contributed by atoms with Crippen LogP contribution in [-0.4, -0.2) is 60.4 Å². The Kier molecular flexibility index (Phi) is 4.80. The van der Waals surface area contributed by atoms with Gasteiger partial charge in [0.2, 0.25) is 5.91 Å². The smallest absolute Gasteiger partial charge is 0.326 e. The van der Waals surface area contributed by atoms with Crippen molar-refractivity contribution in [3.05, 3.63) is 30.3 Å². The first kappa shape index (κ1) is 17.1. The van der Waals surface area contributed by atoms with Gasteiger partial charge in [-0.3, -0.25) is 19.3 Å². The third-order valence-corrected chi connectivity index (χ3v) is 4.74. The van der Waals surface area contributed by atoms with Gasteiger partial charge in [-0.2, -0.15) is 0 Å². The van der Waals surface area contributed by atoms with E-state index in [1.807, 2.05) is 30.3 Å². The van der Waals surface area contributed by atoms with E-state index in [0.717, 1.165) is 20.4 Å². The van der Waals surface area contributed by atoms with Gasteiger partial charge in [-0.1, -0.05) is 18.2 Å². The van der Waals surface area contributed by atoms with Gasteiger partial charge in [-0.15, -0.1) is 0 Å². The van der Waals surface area contributed by atoms with E-state index in [9.17, 15) is 19.2 Å². The van der Waals surface area contributed by atoms with Crippen LogP contribution in [0.4, 0.5) is 10.5 Å². The lowest BCUT2D eigenvalue weighted by molar-refractivity contribution is -0.912. The first-order valence-electron chi connectivity index (χ1n) is 8.30. The molecule has 2 saturated heterocycles. The molecule has 0 aromatic heterocycles. The maximum atomic E-state index is 12.3. The van der Waals surface area contributed by atoms with Crippen LogP contribution in [0.25, 0.3) is 0 Å². The Morgan fingerprint density at radius 1 is 1.12 bits per heavy atom. The van der Waals surface area contributed by atoms with E-state index >= 15 is 0 Å². The zero-order valence-electron chi connectivity index (χ0n) is 14.0. The van der Waals surface area contributed by atoms with Crippen LogP contribution < -0.4 is 10.2 Å². The van der Waals surface area contributed by atoms with E-state index in [2.05, 4.69) is 5.32 Å². The van der Waals surface area contributed by atoms with Gasteiger partial charge in [-0.25, -0.2) is 9.69 Å². The number of piperidine rings is 1. The molecule has 2 aliphatic rings. The van der Waals surface area contributed by atoms with Crippen molar-refractivity contribution in [3.63, 3.8) is 0 Å². The van der Waals surface area contributed by atoms with Gasteiger partial charge in [0.15, 0.2) is 6.67 Å². The number of likely N-dealkylation sites (N-methyl/N-ethyl adjacent to an activating group) is 1. The van der Waals surface area contributed by atoms with Crippen LogP contribution >= 0.6 is 0 Å². The summed E-state index contributed by atoms with van der Waals surface area (Å²) in [5, 5.41) is 2.91. The van der Waals surface area contributed by atoms with E-state index in [1.54, 1.807) is 0 Å². The molecule has 5 amide bonds. The Morgan fingerprint density at radius 3 is 2.32 bits per heavy atom. The number of nitrogens with one attached hydrogen (secondary N) is 2. The second kappa shape index (κ2) is 7.02. The van der Waals surface area contributed by atoms with E-state index in [1.165, 1.54) is 7.05 Å². The van der Waals surface area contributed by atoms with Crippen LogP contribution in [0.3, 0.4) is 0 Å². The SMILES string of the molecule is CN1C(=O)C(=O)N(C[NH+]2CCC(C(=O)Nc3ccccc3)CC2)C1=O. The van der Waals surface area contributed by atoms with Crippen LogP contribution in [0, 0.1) is 5.92 Å². The molecule has 0 unspecified atom stereocenters. The standard InChI is InChI=1S/C17H20N4O4/c1-19-15(23)16(24)21(17(19)25)11-20-9-7-12(8-10-20)14(22)18-13-5-3-2-4-6-13/h2-6,12H,7-11H2,1H3,(H,18,22)/p+1. The third kappa shape index (κ3) is 3.53. The van der Waals surface area contributed by atoms with E-state index < -0.39 is 17.8 Å². The number of nitrogens with zero attached hydrogens (tertiary/aromatic N) is 2. The number of rotatable bonds is 4. The highest BCUT2D eigenvalue weighted by Crippen LogP contribution is 2.14. The predicted molar refractivity (Wildman–Crippen MR) is 88.4 cm³/mol. The molecule has 0 atom stereocenters. The number of benzene rings is 1. The molecule has 1 aromatic carbocycles. The summed E-state index contributed by atoms with van der Waals surface area (Å²) in [6.45, 7) is 1.50. The number of carbonyl (C=O) groups is 4. The zero-order chi connectivity index (χ0) is 18.0. The number of likely N-dealkylation sites (tertiary alicyclic amines) is 1. The molecule has 0 radical (unpaired) electrons. The number of amides is 5. The Balaban J connectivity index is 1.50. The second-order valence-electron chi connectivity index (χ2n) is 6.42. The van der Waals surface area contributed by atoms with Crippen LogP contribution in [0.15, 0.2) is 30.3 Å². The fraction of sp³-hybridized carbons (Fsp3) is 0.412. The van der Waals surface area contributed by atoms with Crippen molar-refractivity contribution in [2.75, 3.05) is 32.1 Å². The lowest BCUT2D eigenvalue weighted by atomic mass is 9.96. The Labute approximate surface area is 145 Å². The van der Waals surface area contributed by atoms with Gasteiger partial charge >= 0.3 is 17.8 Å². The topological polar surface area (TPSA) is 91.2 Å². The average molecular weight is 345 g/mol. The highest BCUT2D eigenvalue weighted by Gasteiger charge is 2.44. The zero-order valence-corrected chi connectivity index (χ0v) is 14.0. The van der Waals surface area contributed by atoms with Crippen molar-refractivity contribution in [2.24, 2.45) is 5.92 Å². The Bertz CT molecular complexity index is 698. The van der Waals surface area contributed by atoms with E-state index in [0.29, 0.717) is 25.9 Å². The number of para-hydroxylation sites is 1. The van der Waals surface area contributed by atoms with Crippen molar-refractivity contribution in [1.82, 2.24) is 9.80 Å². The van der Waals surface area contributed by atoms with Crippen LogP contribution in [0.2, 0.25) is 0 Å². The van der Waals surface area contributed by atoms with Crippen LogP contribution in [-0.2, 0) is 14.4 Å². The summed E-state index contributed by atoms with van der Waals surface area (Å²) >= 11 is 0. The van der Waals surface area contributed by atoms with Crippen molar-refractivity contribution in [1.29, 1.82) is 0 Å². The highest BCUT2D eigenvalue weighted by molar-refractivity contribution is 6.44. The first-order valence-corrected chi connectivity index (χ1v) is 8.30. The predicted octanol–water partition coefficient (Wildman–Crippen LogP) is -0.702. The van der Waals surface area contributed by atoms with Crippen LogP contribution in [0.5, 0.6) is 0 Å². The molecule has 2 fully saturated rings. The van der Waals surface area contributed by atoms with Gasteiger partial charge in [0.1, 0.15) is 0 Å². The fourth-order valence-electron chi connectivity index (χ4n) is 3.19. The lowest BCUT2D eigenvalue weighted by Crippen LogP contribution is -3.14. The summed E-state index contributed by atoms with van der Waals surface area (Å²) in [4.78, 5) is 50.4. The molecule has 1 aromatic rings. The molecular formula is C17H21N4O4+. The number of hydrogen-bond acceptors (Lipinski definition) is 4. The van der Waals surface area contributed by atoms with Crippen molar-refractivity contribution in [3.8, 4) is 0 Å². The Morgan fingerprint density at radius 2 is 1.76 bits per heavy atom. The van der Waals surface area contributed by atoms with Gasteiger partial charge in [-0.05, 0) is 12.1 Å². The molecule has 0 saturated carbocycles. The molecule has 0 bridgehead atoms. The average Bonchev–Trinajstić information content (AvgIpc) is 2.81. The highest BCUT2D eigenvalue weighted by atomic mass is 16.2. The first-order chi connectivity index (χ1) is 12.0. The number of quaternary nitrogens is 1. The molecule has 3 rings (SSSR count). The van der Waals surface area contributed by atoms with Gasteiger partial charge in [0.25, 0.3) is 0 Å². The molecule has 25 heavy (non-hydrogen) atoms. The molecule has 0 spiro atoms. The summed E-state index contributed by atoms with van der Waals surface area (Å²) < 4.78 is 0. The molecule has 0 aliphatic carbocycles. The molecule has 2 aliphatic heterocycles. The van der Waals surface area contributed by atoms with E-state index in [4.69, 9.17) is 0 Å². The largest absolute Gasteiger partial charge is 0.338 e. The lowest BCUT2D eigenvalue weighted by Gasteiger charge is -2.30. The molecule has 8 heteroatoms. The molecule has 8 nitrogen and oxygen atoms in total. The van der Waals surface area contributed by atoms with Gasteiger partial charge < -0.3 is 10.2 Å². The number of carbonyl (C=O) groups excluding carboxylic acids is 4. The monoisotopic (exact) mass is 345 g/mol. The molecular weight excluding hydrogens is 324 g/mol. The molecule has 2 N–H and O–H groups in total. The summed E-state index contributed by atoms with van der Waals surface area (Å²) in [6.07, 6.45) is 1.35. The number of anilines is 1. The van der Waals surface area contributed by atoms with Crippen molar-refractivity contribution < 1.29 is 24.1 Å². The van der Waals surface area contributed by atoms with Crippen LogP contribution in [0.1, 0.15) is 12.8 Å². The summed E-state index contributed by atoms with van der Waals surface area (Å²) in [7, 11) is 1.30. The minimum Gasteiger partial charge on any atom is -0.326 e. The molecule has 2 heterocycles. The van der Waals surface area contributed by atoms with Gasteiger partial charge in [0, 0.05) is 31.5 Å². The van der Waals surface area contributed by atoms with Crippen molar-refractivity contribution >= 4 is 29.4 Å². The number of imide groups is 2. The normalized spacial score (nSPS) is 24.0. The minimum absolute atomic E-state index is 0.00603. The second-order valence-corrected chi connectivity index (χ2v) is 6.42. The summed E-state index contributed by atoms with van der Waals surface area (Å²) in [5.41, 5.74) is 0.775. The quantitative estimate of drug-likeness (QED) is 0.558. The van der Waals surface area contributed by atoms with E-state index in [-0.39, 0.29) is 18.5 Å². The van der Waals surface area contributed by atoms with Gasteiger partial charge in [0.05, 0.1) is 13.1 Å². The third-order valence-electron chi connectivity index (χ3n) is 4.74. The maximum Gasteiger partial charge on any atom is 0.338 e. The number of urea groups is 1. The minimum atomic E-state index is -0.790. The Hall–Kier alpha value is -2.74. The molecule has 132 valence electrons. The maximum absolute atomic E-state index is 12.3. The van der Waals surface area contributed by atoms with Crippen molar-refractivity contribution in [2.45, 2.75) is 12.8 Å². The fourth-order valence-corrected chi connectivity index (χ4v) is 3.19.